The number of halogens is 1. The minimum absolute atomic E-state index is 0.0772. The van der Waals surface area contributed by atoms with Crippen LogP contribution in [-0.2, 0) is 4.79 Å². The molecule has 2 aromatic rings. The van der Waals surface area contributed by atoms with E-state index < -0.39 is 0 Å². The normalized spacial score (nSPS) is 19.2. The predicted octanol–water partition coefficient (Wildman–Crippen LogP) is 5.28. The van der Waals surface area contributed by atoms with Gasteiger partial charge in [-0.2, -0.15) is 0 Å². The highest BCUT2D eigenvalue weighted by molar-refractivity contribution is 6.30. The van der Waals surface area contributed by atoms with Crippen LogP contribution in [0.5, 0.6) is 0 Å². The Morgan fingerprint density at radius 1 is 0.853 bits per heavy atom. The Balaban J connectivity index is 1.36. The lowest BCUT2D eigenvalue weighted by molar-refractivity contribution is -0.127. The Labute approximate surface area is 206 Å². The molecule has 0 unspecified atom stereocenters. The van der Waals surface area contributed by atoms with Gasteiger partial charge in [-0.15, -0.1) is 0 Å². The van der Waals surface area contributed by atoms with E-state index in [0.717, 1.165) is 25.7 Å². The molecule has 3 amide bonds. The summed E-state index contributed by atoms with van der Waals surface area (Å²) in [6.07, 6.45) is 8.55. The number of nitrogens with zero attached hydrogens (tertiary/aromatic N) is 1. The molecule has 1 aliphatic heterocycles. The van der Waals surface area contributed by atoms with Gasteiger partial charge in [-0.05, 0) is 68.1 Å². The number of piperidine rings is 1. The van der Waals surface area contributed by atoms with Crippen molar-refractivity contribution < 1.29 is 14.4 Å². The molecule has 7 heteroatoms. The molecular formula is C27H32ClN3O3. The molecule has 1 aliphatic carbocycles. The summed E-state index contributed by atoms with van der Waals surface area (Å²) in [5.74, 6) is -0.480. The lowest BCUT2D eigenvalue weighted by Gasteiger charge is -2.33. The molecule has 1 saturated heterocycles. The first-order chi connectivity index (χ1) is 16.5. The molecule has 2 aromatic carbocycles. The number of rotatable bonds is 5. The second kappa shape index (κ2) is 11.5. The Bertz CT molecular complexity index is 1020. The molecule has 2 fully saturated rings. The van der Waals surface area contributed by atoms with Crippen molar-refractivity contribution in [3.05, 3.63) is 64.7 Å². The summed E-state index contributed by atoms with van der Waals surface area (Å²) >= 11 is 5.89. The molecule has 34 heavy (non-hydrogen) atoms. The van der Waals surface area contributed by atoms with Gasteiger partial charge in [-0.1, -0.05) is 43.4 Å². The molecule has 0 spiro atoms. The zero-order chi connectivity index (χ0) is 23.9. The maximum atomic E-state index is 13.2. The highest BCUT2D eigenvalue weighted by Crippen LogP contribution is 2.23. The van der Waals surface area contributed by atoms with Crippen LogP contribution in [0, 0.1) is 5.92 Å². The van der Waals surface area contributed by atoms with Gasteiger partial charge in [0.05, 0.1) is 5.92 Å². The molecule has 180 valence electrons. The fourth-order valence-corrected chi connectivity index (χ4v) is 4.96. The highest BCUT2D eigenvalue weighted by Gasteiger charge is 2.30. The molecular weight excluding hydrogens is 450 g/mol. The molecule has 2 N–H and O–H groups in total. The zero-order valence-corrected chi connectivity index (χ0v) is 20.2. The number of carbonyl (C=O) groups excluding carboxylic acids is 3. The SMILES string of the molecule is O=C(Nc1cccc(C(=O)N2CCC[C@@H](C(=O)NC3CCCCCC3)C2)c1)c1ccc(Cl)cc1. The molecule has 1 atom stereocenters. The molecule has 1 saturated carbocycles. The Morgan fingerprint density at radius 2 is 1.59 bits per heavy atom. The Kier molecular flexibility index (Phi) is 8.22. The van der Waals surface area contributed by atoms with Crippen molar-refractivity contribution in [1.82, 2.24) is 10.2 Å². The van der Waals surface area contributed by atoms with E-state index in [-0.39, 0.29) is 29.7 Å². The van der Waals surface area contributed by atoms with E-state index in [0.29, 0.717) is 34.9 Å². The second-order valence-electron chi connectivity index (χ2n) is 9.33. The fraction of sp³-hybridized carbons (Fsp3) is 0.444. The average Bonchev–Trinajstić information content (AvgIpc) is 3.13. The summed E-state index contributed by atoms with van der Waals surface area (Å²) < 4.78 is 0. The van der Waals surface area contributed by atoms with E-state index in [9.17, 15) is 14.4 Å². The fourth-order valence-electron chi connectivity index (χ4n) is 4.84. The van der Waals surface area contributed by atoms with Crippen LogP contribution in [0.15, 0.2) is 48.5 Å². The van der Waals surface area contributed by atoms with Crippen LogP contribution < -0.4 is 10.6 Å². The predicted molar refractivity (Wildman–Crippen MR) is 134 cm³/mol. The number of likely N-dealkylation sites (tertiary alicyclic amines) is 1. The molecule has 2 aliphatic rings. The summed E-state index contributed by atoms with van der Waals surface area (Å²) in [6, 6.07) is 13.8. The molecule has 0 radical (unpaired) electrons. The monoisotopic (exact) mass is 481 g/mol. The van der Waals surface area contributed by atoms with Crippen LogP contribution in [0.1, 0.15) is 72.1 Å². The number of hydrogen-bond donors (Lipinski definition) is 2. The first-order valence-corrected chi connectivity index (χ1v) is 12.6. The van der Waals surface area contributed by atoms with Gasteiger partial charge in [0.2, 0.25) is 5.91 Å². The van der Waals surface area contributed by atoms with Gasteiger partial charge in [0.15, 0.2) is 0 Å². The van der Waals surface area contributed by atoms with E-state index in [1.807, 2.05) is 0 Å². The smallest absolute Gasteiger partial charge is 0.255 e. The van der Waals surface area contributed by atoms with Gasteiger partial charge >= 0.3 is 0 Å². The van der Waals surface area contributed by atoms with Crippen molar-refractivity contribution in [2.75, 3.05) is 18.4 Å². The number of hydrogen-bond acceptors (Lipinski definition) is 3. The first kappa shape index (κ1) is 24.3. The largest absolute Gasteiger partial charge is 0.353 e. The maximum Gasteiger partial charge on any atom is 0.255 e. The second-order valence-corrected chi connectivity index (χ2v) is 9.77. The number of anilines is 1. The lowest BCUT2D eigenvalue weighted by atomic mass is 9.95. The third-order valence-electron chi connectivity index (χ3n) is 6.75. The van der Waals surface area contributed by atoms with Crippen LogP contribution in [0.2, 0.25) is 5.02 Å². The van der Waals surface area contributed by atoms with Crippen LogP contribution >= 0.6 is 11.6 Å². The number of carbonyl (C=O) groups is 3. The quantitative estimate of drug-likeness (QED) is 0.570. The minimum Gasteiger partial charge on any atom is -0.353 e. The van der Waals surface area contributed by atoms with Crippen LogP contribution in [0.25, 0.3) is 0 Å². The highest BCUT2D eigenvalue weighted by atomic mass is 35.5. The van der Waals surface area contributed by atoms with Crippen LogP contribution in [-0.4, -0.2) is 41.8 Å². The van der Waals surface area contributed by atoms with Crippen molar-refractivity contribution in [3.63, 3.8) is 0 Å². The molecule has 0 bridgehead atoms. The summed E-state index contributed by atoms with van der Waals surface area (Å²) in [6.45, 7) is 1.06. The van der Waals surface area contributed by atoms with E-state index in [1.165, 1.54) is 25.7 Å². The average molecular weight is 482 g/mol. The Hall–Kier alpha value is -2.86. The van der Waals surface area contributed by atoms with E-state index in [4.69, 9.17) is 11.6 Å². The van der Waals surface area contributed by atoms with Gasteiger partial charge in [-0.3, -0.25) is 14.4 Å². The van der Waals surface area contributed by atoms with Gasteiger partial charge in [-0.25, -0.2) is 0 Å². The van der Waals surface area contributed by atoms with Crippen LogP contribution in [0.4, 0.5) is 5.69 Å². The van der Waals surface area contributed by atoms with Gasteiger partial charge < -0.3 is 15.5 Å². The lowest BCUT2D eigenvalue weighted by Crippen LogP contribution is -2.47. The molecule has 6 nitrogen and oxygen atoms in total. The molecule has 1 heterocycles. The van der Waals surface area contributed by atoms with Gasteiger partial charge in [0.1, 0.15) is 0 Å². The minimum atomic E-state index is -0.269. The third kappa shape index (κ3) is 6.38. The third-order valence-corrected chi connectivity index (χ3v) is 7.01. The van der Waals surface area contributed by atoms with Crippen molar-refractivity contribution in [3.8, 4) is 0 Å². The first-order valence-electron chi connectivity index (χ1n) is 12.3. The number of benzene rings is 2. The summed E-state index contributed by atoms with van der Waals surface area (Å²) in [5.41, 5.74) is 1.53. The van der Waals surface area contributed by atoms with Crippen molar-refractivity contribution in [2.45, 2.75) is 57.4 Å². The van der Waals surface area contributed by atoms with E-state index in [1.54, 1.807) is 53.4 Å². The van der Waals surface area contributed by atoms with E-state index >= 15 is 0 Å². The number of amides is 3. The van der Waals surface area contributed by atoms with Gasteiger partial charge in [0, 0.05) is 41.0 Å². The topological polar surface area (TPSA) is 78.5 Å². The van der Waals surface area contributed by atoms with Crippen molar-refractivity contribution in [1.29, 1.82) is 0 Å². The van der Waals surface area contributed by atoms with Crippen LogP contribution in [0.3, 0.4) is 0 Å². The molecule has 4 rings (SSSR count). The summed E-state index contributed by atoms with van der Waals surface area (Å²) in [4.78, 5) is 40.4. The van der Waals surface area contributed by atoms with Crippen molar-refractivity contribution >= 4 is 35.0 Å². The standard InChI is InChI=1S/C27H32ClN3O3/c28-22-14-12-19(13-15-22)25(32)30-24-11-5-7-20(17-24)27(34)31-16-6-8-21(18-31)26(33)29-23-9-3-1-2-4-10-23/h5,7,11-15,17,21,23H,1-4,6,8-10,16,18H2,(H,29,33)(H,30,32)/t21-/m1/s1. The number of nitrogens with one attached hydrogen (secondary N) is 2. The summed E-state index contributed by atoms with van der Waals surface area (Å²) in [5, 5.41) is 6.64. The Morgan fingerprint density at radius 3 is 2.32 bits per heavy atom. The summed E-state index contributed by atoms with van der Waals surface area (Å²) in [7, 11) is 0. The molecule has 0 aromatic heterocycles. The van der Waals surface area contributed by atoms with E-state index in [2.05, 4.69) is 10.6 Å². The maximum absolute atomic E-state index is 13.2. The zero-order valence-electron chi connectivity index (χ0n) is 19.4. The van der Waals surface area contributed by atoms with Gasteiger partial charge in [0.25, 0.3) is 11.8 Å². The van der Waals surface area contributed by atoms with Crippen molar-refractivity contribution in [2.24, 2.45) is 5.92 Å².